The van der Waals surface area contributed by atoms with Crippen molar-refractivity contribution in [2.24, 2.45) is 0 Å². The Morgan fingerprint density at radius 3 is 2.36 bits per heavy atom. The summed E-state index contributed by atoms with van der Waals surface area (Å²) in [6.07, 6.45) is 2.41. The third kappa shape index (κ3) is 8.16. The van der Waals surface area contributed by atoms with Crippen LogP contribution in [0.4, 0.5) is 10.5 Å². The fraction of sp³-hybridized carbons (Fsp3) is 0.270. The molecule has 242 valence electrons. The number of amides is 2. The minimum atomic E-state index is -0.944. The molecule has 0 radical (unpaired) electrons. The molecule has 0 saturated carbocycles. The molecule has 47 heavy (non-hydrogen) atoms. The summed E-state index contributed by atoms with van der Waals surface area (Å²) < 4.78 is 17.4. The monoisotopic (exact) mass is 633 g/mol. The van der Waals surface area contributed by atoms with E-state index in [-0.39, 0.29) is 18.1 Å². The lowest BCUT2D eigenvalue weighted by Crippen LogP contribution is -2.48. The third-order valence-electron chi connectivity index (χ3n) is 8.38. The summed E-state index contributed by atoms with van der Waals surface area (Å²) in [6.45, 7) is 1.86. The van der Waals surface area contributed by atoms with Crippen molar-refractivity contribution < 1.29 is 23.8 Å². The topological polar surface area (TPSA) is 127 Å². The molecule has 3 atom stereocenters. The maximum Gasteiger partial charge on any atom is 0.407 e. The van der Waals surface area contributed by atoms with Gasteiger partial charge < -0.3 is 30.2 Å². The zero-order valence-electron chi connectivity index (χ0n) is 26.2. The molecule has 0 bridgehead atoms. The number of alkyl carbamates (subject to hydrolysis) is 1. The summed E-state index contributed by atoms with van der Waals surface area (Å²) in [5, 5.41) is 17.5. The lowest BCUT2D eigenvalue weighted by Gasteiger charge is -2.31. The summed E-state index contributed by atoms with van der Waals surface area (Å²) in [6, 6.07) is 32.0. The van der Waals surface area contributed by atoms with Gasteiger partial charge in [-0.05, 0) is 47.7 Å². The largest absolute Gasteiger partial charge is 0.491 e. The average Bonchev–Trinajstić information content (AvgIpc) is 3.59. The molecule has 1 unspecified atom stereocenters. The number of ether oxygens (including phenoxy) is 3. The maximum atomic E-state index is 14.1. The zero-order valence-corrected chi connectivity index (χ0v) is 26.2. The van der Waals surface area contributed by atoms with Crippen molar-refractivity contribution in [2.75, 3.05) is 32.1 Å². The van der Waals surface area contributed by atoms with Crippen molar-refractivity contribution in [3.05, 3.63) is 126 Å². The molecule has 6 rings (SSSR count). The van der Waals surface area contributed by atoms with Crippen LogP contribution in [0, 0.1) is 0 Å². The van der Waals surface area contributed by atoms with E-state index in [2.05, 4.69) is 26.1 Å². The molecule has 10 heteroatoms. The van der Waals surface area contributed by atoms with Gasteiger partial charge in [-0.1, -0.05) is 78.9 Å². The number of para-hydroxylation sites is 1. The number of methoxy groups -OCH3 is 1. The van der Waals surface area contributed by atoms with Crippen LogP contribution in [0.15, 0.2) is 109 Å². The van der Waals surface area contributed by atoms with E-state index in [1.54, 1.807) is 6.20 Å². The zero-order chi connectivity index (χ0) is 32.4. The molecule has 2 heterocycles. The Bertz CT molecular complexity index is 1720. The predicted molar refractivity (Wildman–Crippen MR) is 181 cm³/mol. The second kappa shape index (κ2) is 15.4. The fourth-order valence-electron chi connectivity index (χ4n) is 6.01. The molecule has 1 aliphatic rings. The normalized spacial score (nSPS) is 16.8. The number of aromatic amines is 1. The number of nitrogens with zero attached hydrogens (tertiary/aromatic N) is 1. The highest BCUT2D eigenvalue weighted by Gasteiger charge is 2.33. The minimum Gasteiger partial charge on any atom is -0.491 e. The average molecular weight is 634 g/mol. The van der Waals surface area contributed by atoms with E-state index in [1.165, 1.54) is 7.11 Å². The van der Waals surface area contributed by atoms with Crippen LogP contribution < -0.4 is 20.7 Å². The van der Waals surface area contributed by atoms with Crippen molar-refractivity contribution in [1.82, 2.24) is 20.8 Å². The van der Waals surface area contributed by atoms with Gasteiger partial charge in [0.1, 0.15) is 24.5 Å². The van der Waals surface area contributed by atoms with Gasteiger partial charge >= 0.3 is 6.09 Å². The maximum absolute atomic E-state index is 14.1. The first-order chi connectivity index (χ1) is 23.1. The molecule has 1 saturated heterocycles. The molecule has 2 amide bonds. The van der Waals surface area contributed by atoms with E-state index in [0.717, 1.165) is 46.3 Å². The van der Waals surface area contributed by atoms with Gasteiger partial charge in [-0.25, -0.2) is 4.79 Å². The molecule has 0 spiro atoms. The quantitative estimate of drug-likeness (QED) is 0.144. The molecule has 1 aliphatic heterocycles. The van der Waals surface area contributed by atoms with Crippen molar-refractivity contribution in [1.29, 1.82) is 0 Å². The molecule has 1 fully saturated rings. The number of hydrogen-bond acceptors (Lipinski definition) is 7. The molecule has 0 aliphatic carbocycles. The van der Waals surface area contributed by atoms with Crippen LogP contribution in [-0.4, -0.2) is 67.3 Å². The number of nitrogens with one attached hydrogen (secondary N) is 4. The summed E-state index contributed by atoms with van der Waals surface area (Å²) in [5.41, 5.74) is 4.38. The second-order valence-corrected chi connectivity index (χ2v) is 11.6. The summed E-state index contributed by atoms with van der Waals surface area (Å²) in [5.74, 6) is -0.0356. The van der Waals surface area contributed by atoms with Crippen molar-refractivity contribution in [3.63, 3.8) is 0 Å². The van der Waals surface area contributed by atoms with Gasteiger partial charge in [0.25, 0.3) is 0 Å². The SMILES string of the molecule is COC(=O)NC(C(=O)Nc1ccccc1CC[C@@H]1CNC[C@@H](COc2ccc3cn[nH]c3c2)O1)C(c1ccccc1)c1ccccc1. The van der Waals surface area contributed by atoms with Crippen molar-refractivity contribution in [3.8, 4) is 5.75 Å². The molecule has 10 nitrogen and oxygen atoms in total. The van der Waals surface area contributed by atoms with Gasteiger partial charge in [-0.3, -0.25) is 9.89 Å². The fourth-order valence-corrected chi connectivity index (χ4v) is 6.01. The van der Waals surface area contributed by atoms with E-state index in [0.29, 0.717) is 25.3 Å². The Balaban J connectivity index is 1.12. The first-order valence-electron chi connectivity index (χ1n) is 15.8. The summed E-state index contributed by atoms with van der Waals surface area (Å²) in [4.78, 5) is 26.6. The lowest BCUT2D eigenvalue weighted by molar-refractivity contribution is -0.118. The predicted octanol–water partition coefficient (Wildman–Crippen LogP) is 5.43. The smallest absolute Gasteiger partial charge is 0.407 e. The van der Waals surface area contributed by atoms with E-state index >= 15 is 0 Å². The highest BCUT2D eigenvalue weighted by atomic mass is 16.5. The number of H-pyrrole nitrogens is 1. The van der Waals surface area contributed by atoms with Crippen LogP contribution in [0.2, 0.25) is 0 Å². The molecule has 4 N–H and O–H groups in total. The van der Waals surface area contributed by atoms with Crippen molar-refractivity contribution >= 4 is 28.6 Å². The number of hydrogen-bond donors (Lipinski definition) is 4. The number of aryl methyl sites for hydroxylation is 1. The van der Waals surface area contributed by atoms with Gasteiger partial charge in [0.15, 0.2) is 0 Å². The summed E-state index contributed by atoms with van der Waals surface area (Å²) in [7, 11) is 1.29. The Morgan fingerprint density at radius 2 is 1.62 bits per heavy atom. The van der Waals surface area contributed by atoms with Gasteiger partial charge in [0.05, 0.1) is 24.9 Å². The number of aromatic nitrogens is 2. The van der Waals surface area contributed by atoms with Gasteiger partial charge in [0.2, 0.25) is 5.91 Å². The Morgan fingerprint density at radius 1 is 0.915 bits per heavy atom. The lowest BCUT2D eigenvalue weighted by atomic mass is 9.84. The number of rotatable bonds is 12. The minimum absolute atomic E-state index is 0.0227. The molecular weight excluding hydrogens is 594 g/mol. The van der Waals surface area contributed by atoms with Crippen LogP contribution in [0.1, 0.15) is 29.0 Å². The van der Waals surface area contributed by atoms with Crippen LogP contribution in [-0.2, 0) is 20.7 Å². The van der Waals surface area contributed by atoms with Crippen LogP contribution in [0.25, 0.3) is 10.9 Å². The van der Waals surface area contributed by atoms with Crippen LogP contribution in [0.5, 0.6) is 5.75 Å². The molecule has 5 aromatic rings. The number of fused-ring (bicyclic) bond motifs is 1. The number of morpholine rings is 1. The van der Waals surface area contributed by atoms with Crippen LogP contribution in [0.3, 0.4) is 0 Å². The number of benzene rings is 4. The third-order valence-corrected chi connectivity index (χ3v) is 8.38. The number of anilines is 1. The Hall–Kier alpha value is -5.19. The van der Waals surface area contributed by atoms with Crippen LogP contribution >= 0.6 is 0 Å². The molecule has 1 aromatic heterocycles. The van der Waals surface area contributed by atoms with E-state index in [1.807, 2.05) is 103 Å². The summed E-state index contributed by atoms with van der Waals surface area (Å²) >= 11 is 0. The van der Waals surface area contributed by atoms with Gasteiger partial charge in [0, 0.05) is 36.1 Å². The van der Waals surface area contributed by atoms with Crippen molar-refractivity contribution in [2.45, 2.75) is 37.0 Å². The Labute approximate surface area is 273 Å². The molecule has 4 aromatic carbocycles. The number of carbonyl (C=O) groups is 2. The Kier molecular flexibility index (Phi) is 10.4. The first-order valence-corrected chi connectivity index (χ1v) is 15.8. The first kappa shape index (κ1) is 31.8. The standard InChI is InChI=1S/C37H39N5O5/c1-45-37(44)41-35(34(26-11-4-2-5-12-26)27-13-6-3-7-14-27)36(43)40-32-15-9-8-10-25(32)16-19-30-22-38-23-31(47-30)24-46-29-18-17-28-21-39-42-33(28)20-29/h2-15,17-18,20-21,30-31,34-35,38H,16,19,22-24H2,1H3,(H,39,42)(H,40,43)(H,41,44)/t30-,31+,35?/m1/s1. The van der Waals surface area contributed by atoms with Gasteiger partial charge in [-0.15, -0.1) is 0 Å². The number of carbonyl (C=O) groups excluding carboxylic acids is 2. The van der Waals surface area contributed by atoms with E-state index in [4.69, 9.17) is 14.2 Å². The molecular formula is C37H39N5O5. The second-order valence-electron chi connectivity index (χ2n) is 11.6. The highest BCUT2D eigenvalue weighted by Crippen LogP contribution is 2.30. The van der Waals surface area contributed by atoms with E-state index < -0.39 is 18.1 Å². The highest BCUT2D eigenvalue weighted by molar-refractivity contribution is 5.98. The van der Waals surface area contributed by atoms with Gasteiger partial charge in [-0.2, -0.15) is 5.10 Å². The van der Waals surface area contributed by atoms with E-state index in [9.17, 15) is 9.59 Å².